The normalized spacial score (nSPS) is 10.4. The molecule has 2 rings (SSSR count). The van der Waals surface area contributed by atoms with Crippen molar-refractivity contribution in [2.24, 2.45) is 7.05 Å². The molecule has 0 aliphatic rings. The molecule has 0 unspecified atom stereocenters. The lowest BCUT2D eigenvalue weighted by Crippen LogP contribution is -2.29. The molecule has 7 heteroatoms. The van der Waals surface area contributed by atoms with E-state index in [1.807, 2.05) is 0 Å². The average molecular weight is 341 g/mol. The van der Waals surface area contributed by atoms with Gasteiger partial charge in [-0.05, 0) is 25.1 Å². The highest BCUT2D eigenvalue weighted by Crippen LogP contribution is 2.24. The van der Waals surface area contributed by atoms with Crippen molar-refractivity contribution >= 4 is 27.6 Å². The molecule has 0 saturated heterocycles. The minimum absolute atomic E-state index is 0.146. The number of halogens is 2. The molecule has 0 aliphatic carbocycles. The molecule has 1 aromatic carbocycles. The van der Waals surface area contributed by atoms with Crippen LogP contribution in [0.1, 0.15) is 11.3 Å². The second-order valence-electron chi connectivity index (χ2n) is 4.29. The molecule has 1 aromatic heterocycles. The molecule has 0 bridgehead atoms. The summed E-state index contributed by atoms with van der Waals surface area (Å²) >= 11 is 3.23. The summed E-state index contributed by atoms with van der Waals surface area (Å²) < 4.78 is 16.2. The van der Waals surface area contributed by atoms with E-state index in [1.54, 1.807) is 37.0 Å². The Morgan fingerprint density at radius 3 is 2.85 bits per heavy atom. The lowest BCUT2D eigenvalue weighted by Gasteiger charge is -2.10. The van der Waals surface area contributed by atoms with E-state index in [-0.39, 0.29) is 5.69 Å². The number of carbonyl (C=O) groups is 1. The van der Waals surface area contributed by atoms with Gasteiger partial charge in [0.15, 0.2) is 5.82 Å². The third-order valence-corrected chi connectivity index (χ3v) is 3.78. The Morgan fingerprint density at radius 2 is 2.20 bits per heavy atom. The Kier molecular flexibility index (Phi) is 4.39. The van der Waals surface area contributed by atoms with Gasteiger partial charge in [0, 0.05) is 23.3 Å². The summed E-state index contributed by atoms with van der Waals surface area (Å²) in [7, 11) is 1.78. The van der Waals surface area contributed by atoms with Crippen LogP contribution in [-0.2, 0) is 13.6 Å². The van der Waals surface area contributed by atoms with E-state index in [9.17, 15) is 9.18 Å². The SMILES string of the molecule is Cc1c(Br)ccc(NC(=O)NCc2ccnn2C)c1F. The molecule has 0 aliphatic heterocycles. The van der Waals surface area contributed by atoms with Crippen molar-refractivity contribution in [1.29, 1.82) is 0 Å². The third kappa shape index (κ3) is 3.16. The highest BCUT2D eigenvalue weighted by molar-refractivity contribution is 9.10. The lowest BCUT2D eigenvalue weighted by atomic mass is 10.2. The third-order valence-electron chi connectivity index (χ3n) is 2.92. The number of hydrogen-bond acceptors (Lipinski definition) is 2. The van der Waals surface area contributed by atoms with Crippen LogP contribution < -0.4 is 10.6 Å². The minimum Gasteiger partial charge on any atom is -0.332 e. The Morgan fingerprint density at radius 1 is 1.45 bits per heavy atom. The number of anilines is 1. The predicted molar refractivity (Wildman–Crippen MR) is 77.9 cm³/mol. The zero-order valence-electron chi connectivity index (χ0n) is 11.1. The molecular formula is C13H14BrFN4O. The largest absolute Gasteiger partial charge is 0.332 e. The van der Waals surface area contributed by atoms with Gasteiger partial charge in [0.2, 0.25) is 0 Å². The molecule has 0 atom stereocenters. The highest BCUT2D eigenvalue weighted by atomic mass is 79.9. The number of aromatic nitrogens is 2. The van der Waals surface area contributed by atoms with Crippen LogP contribution in [0.25, 0.3) is 0 Å². The van der Waals surface area contributed by atoms with E-state index < -0.39 is 11.8 Å². The van der Waals surface area contributed by atoms with E-state index in [0.717, 1.165) is 5.69 Å². The second-order valence-corrected chi connectivity index (χ2v) is 5.14. The Balaban J connectivity index is 1.98. The zero-order chi connectivity index (χ0) is 14.7. The maximum absolute atomic E-state index is 13.9. The fraction of sp³-hybridized carbons (Fsp3) is 0.231. The first kappa shape index (κ1) is 14.5. The smallest absolute Gasteiger partial charge is 0.319 e. The summed E-state index contributed by atoms with van der Waals surface area (Å²) in [5.41, 5.74) is 1.45. The van der Waals surface area contributed by atoms with Crippen LogP contribution in [-0.4, -0.2) is 15.8 Å². The molecule has 0 saturated carbocycles. The standard InChI is InChI=1S/C13H14BrFN4O/c1-8-10(14)3-4-11(12(8)15)18-13(20)16-7-9-5-6-17-19(9)2/h3-6H,7H2,1-2H3,(H2,16,18,20). The van der Waals surface area contributed by atoms with E-state index in [4.69, 9.17) is 0 Å². The summed E-state index contributed by atoms with van der Waals surface area (Å²) in [4.78, 5) is 11.7. The van der Waals surface area contributed by atoms with Gasteiger partial charge in [-0.15, -0.1) is 0 Å². The summed E-state index contributed by atoms with van der Waals surface area (Å²) in [5, 5.41) is 9.12. The van der Waals surface area contributed by atoms with Gasteiger partial charge in [0.05, 0.1) is 17.9 Å². The van der Waals surface area contributed by atoms with Crippen molar-refractivity contribution in [3.05, 3.63) is 45.9 Å². The zero-order valence-corrected chi connectivity index (χ0v) is 12.7. The summed E-state index contributed by atoms with van der Waals surface area (Å²) in [5.74, 6) is -0.449. The van der Waals surface area contributed by atoms with Gasteiger partial charge in [0.25, 0.3) is 0 Å². The fourth-order valence-corrected chi connectivity index (χ4v) is 1.98. The second kappa shape index (κ2) is 6.04. The molecular weight excluding hydrogens is 327 g/mol. The van der Waals surface area contributed by atoms with Crippen molar-refractivity contribution in [2.45, 2.75) is 13.5 Å². The number of amides is 2. The molecule has 5 nitrogen and oxygen atoms in total. The first-order valence-electron chi connectivity index (χ1n) is 5.95. The van der Waals surface area contributed by atoms with Crippen molar-refractivity contribution in [1.82, 2.24) is 15.1 Å². The highest BCUT2D eigenvalue weighted by Gasteiger charge is 2.11. The van der Waals surface area contributed by atoms with Crippen LogP contribution in [0.15, 0.2) is 28.9 Å². The topological polar surface area (TPSA) is 59.0 Å². The van der Waals surface area contributed by atoms with Crippen molar-refractivity contribution in [2.75, 3.05) is 5.32 Å². The van der Waals surface area contributed by atoms with E-state index in [0.29, 0.717) is 16.6 Å². The average Bonchev–Trinajstić information content (AvgIpc) is 2.83. The van der Waals surface area contributed by atoms with Crippen LogP contribution in [0.4, 0.5) is 14.9 Å². The Bertz CT molecular complexity index is 641. The van der Waals surface area contributed by atoms with Gasteiger partial charge >= 0.3 is 6.03 Å². The number of nitrogens with one attached hydrogen (secondary N) is 2. The summed E-state index contributed by atoms with van der Waals surface area (Å²) in [6.45, 7) is 1.96. The first-order chi connectivity index (χ1) is 9.49. The number of hydrogen-bond donors (Lipinski definition) is 2. The van der Waals surface area contributed by atoms with Crippen LogP contribution >= 0.6 is 15.9 Å². The quantitative estimate of drug-likeness (QED) is 0.902. The monoisotopic (exact) mass is 340 g/mol. The van der Waals surface area contributed by atoms with Crippen molar-refractivity contribution in [3.63, 3.8) is 0 Å². The molecule has 20 heavy (non-hydrogen) atoms. The van der Waals surface area contributed by atoms with Gasteiger partial charge in [0.1, 0.15) is 0 Å². The van der Waals surface area contributed by atoms with Crippen LogP contribution in [0, 0.1) is 12.7 Å². The Hall–Kier alpha value is -1.89. The van der Waals surface area contributed by atoms with E-state index in [1.165, 1.54) is 6.07 Å². The Labute approximate surface area is 124 Å². The van der Waals surface area contributed by atoms with Crippen molar-refractivity contribution < 1.29 is 9.18 Å². The van der Waals surface area contributed by atoms with Crippen LogP contribution in [0.3, 0.4) is 0 Å². The van der Waals surface area contributed by atoms with Gasteiger partial charge in [-0.1, -0.05) is 15.9 Å². The predicted octanol–water partition coefficient (Wildman–Crippen LogP) is 2.95. The van der Waals surface area contributed by atoms with Gasteiger partial charge < -0.3 is 10.6 Å². The molecule has 0 radical (unpaired) electrons. The summed E-state index contributed by atoms with van der Waals surface area (Å²) in [6.07, 6.45) is 1.65. The maximum atomic E-state index is 13.9. The van der Waals surface area contributed by atoms with Gasteiger partial charge in [-0.25, -0.2) is 9.18 Å². The number of rotatable bonds is 3. The number of urea groups is 1. The molecule has 106 valence electrons. The fourth-order valence-electron chi connectivity index (χ4n) is 1.67. The number of aryl methyl sites for hydroxylation is 1. The number of nitrogens with zero attached hydrogens (tertiary/aromatic N) is 2. The van der Waals surface area contributed by atoms with E-state index in [2.05, 4.69) is 31.7 Å². The maximum Gasteiger partial charge on any atom is 0.319 e. The van der Waals surface area contributed by atoms with Crippen LogP contribution in [0.2, 0.25) is 0 Å². The molecule has 0 spiro atoms. The van der Waals surface area contributed by atoms with E-state index >= 15 is 0 Å². The molecule has 2 N–H and O–H groups in total. The molecule has 2 aromatic rings. The number of benzene rings is 1. The summed E-state index contributed by atoms with van der Waals surface area (Å²) in [6, 6.07) is 4.53. The van der Waals surface area contributed by atoms with Gasteiger partial charge in [-0.2, -0.15) is 5.10 Å². The van der Waals surface area contributed by atoms with Crippen LogP contribution in [0.5, 0.6) is 0 Å². The molecule has 2 amide bonds. The van der Waals surface area contributed by atoms with Crippen molar-refractivity contribution in [3.8, 4) is 0 Å². The first-order valence-corrected chi connectivity index (χ1v) is 6.74. The van der Waals surface area contributed by atoms with Gasteiger partial charge in [-0.3, -0.25) is 4.68 Å². The number of carbonyl (C=O) groups excluding carboxylic acids is 1. The minimum atomic E-state index is -0.466. The lowest BCUT2D eigenvalue weighted by molar-refractivity contribution is 0.251. The molecule has 0 fully saturated rings. The molecule has 1 heterocycles.